The molecule has 2 aromatic rings. The Morgan fingerprint density at radius 3 is 2.52 bits per heavy atom. The Morgan fingerprint density at radius 2 is 1.91 bits per heavy atom. The number of ether oxygens (including phenoxy) is 1. The maximum atomic E-state index is 11.8. The van der Waals surface area contributed by atoms with Gasteiger partial charge in [-0.15, -0.1) is 11.3 Å². The number of hydrogen-bond donors (Lipinski definition) is 2. The van der Waals surface area contributed by atoms with Crippen LogP contribution in [0.25, 0.3) is 11.1 Å². The minimum absolute atomic E-state index is 0.0124. The summed E-state index contributed by atoms with van der Waals surface area (Å²) in [5, 5.41) is 13.8. The third-order valence-corrected chi connectivity index (χ3v) is 3.85. The Labute approximate surface area is 136 Å². The van der Waals surface area contributed by atoms with Gasteiger partial charge in [-0.1, -0.05) is 30.3 Å². The summed E-state index contributed by atoms with van der Waals surface area (Å²) in [7, 11) is 0. The second-order valence-corrected chi connectivity index (χ2v) is 5.43. The first-order valence-corrected chi connectivity index (χ1v) is 7.76. The summed E-state index contributed by atoms with van der Waals surface area (Å²) >= 11 is 1.10. The first kappa shape index (κ1) is 16.7. The van der Waals surface area contributed by atoms with Crippen LogP contribution in [0.3, 0.4) is 0 Å². The standard InChI is InChI=1S/C16H15NO5S/c1-2-22-13(19)8-12(18)17-15-14(16(20)21)11(9-23-15)10-6-4-3-5-7-10/h3-7,9H,2,8H2,1H3,(H,17,18)(H,20,21). The number of carboxylic acids is 1. The molecular formula is C16H15NO5S. The van der Waals surface area contributed by atoms with Gasteiger partial charge < -0.3 is 15.2 Å². The molecule has 7 heteroatoms. The Kier molecular flexibility index (Phi) is 5.48. The van der Waals surface area contributed by atoms with Crippen LogP contribution in [0.5, 0.6) is 0 Å². The van der Waals surface area contributed by atoms with Crippen LogP contribution in [-0.4, -0.2) is 29.6 Å². The number of benzene rings is 1. The van der Waals surface area contributed by atoms with Gasteiger partial charge in [-0.05, 0) is 12.5 Å². The number of hydrogen-bond acceptors (Lipinski definition) is 5. The van der Waals surface area contributed by atoms with Crippen LogP contribution in [0, 0.1) is 0 Å². The maximum absolute atomic E-state index is 11.8. The van der Waals surface area contributed by atoms with E-state index in [0.29, 0.717) is 5.56 Å². The molecule has 1 aromatic heterocycles. The van der Waals surface area contributed by atoms with Gasteiger partial charge in [0.25, 0.3) is 0 Å². The molecule has 6 nitrogen and oxygen atoms in total. The SMILES string of the molecule is CCOC(=O)CC(=O)Nc1scc(-c2ccccc2)c1C(=O)O. The number of thiophene rings is 1. The number of nitrogens with one attached hydrogen (secondary N) is 1. The number of carbonyl (C=O) groups excluding carboxylic acids is 2. The molecule has 1 heterocycles. The smallest absolute Gasteiger partial charge is 0.339 e. The van der Waals surface area contributed by atoms with E-state index >= 15 is 0 Å². The van der Waals surface area contributed by atoms with E-state index in [4.69, 9.17) is 0 Å². The van der Waals surface area contributed by atoms with Crippen molar-refractivity contribution in [2.45, 2.75) is 13.3 Å². The molecule has 0 fully saturated rings. The van der Waals surface area contributed by atoms with Gasteiger partial charge in [-0.2, -0.15) is 0 Å². The Hall–Kier alpha value is -2.67. The van der Waals surface area contributed by atoms with E-state index in [9.17, 15) is 19.5 Å². The van der Waals surface area contributed by atoms with Crippen molar-refractivity contribution in [3.05, 3.63) is 41.3 Å². The number of amides is 1. The first-order chi connectivity index (χ1) is 11.0. The molecule has 120 valence electrons. The maximum Gasteiger partial charge on any atom is 0.339 e. The average molecular weight is 333 g/mol. The molecule has 0 bridgehead atoms. The van der Waals surface area contributed by atoms with Crippen LogP contribution in [0.4, 0.5) is 5.00 Å². The molecule has 0 unspecified atom stereocenters. The van der Waals surface area contributed by atoms with Crippen LogP contribution < -0.4 is 5.32 Å². The van der Waals surface area contributed by atoms with Gasteiger partial charge in [0.15, 0.2) is 0 Å². The third kappa shape index (κ3) is 4.17. The lowest BCUT2D eigenvalue weighted by Crippen LogP contribution is -2.18. The predicted octanol–water partition coefficient (Wildman–Crippen LogP) is 3.01. The highest BCUT2D eigenvalue weighted by Crippen LogP contribution is 2.35. The molecule has 0 radical (unpaired) electrons. The van der Waals surface area contributed by atoms with E-state index in [-0.39, 0.29) is 17.2 Å². The van der Waals surface area contributed by atoms with Crippen LogP contribution in [0.2, 0.25) is 0 Å². The summed E-state index contributed by atoms with van der Waals surface area (Å²) < 4.78 is 4.69. The lowest BCUT2D eigenvalue weighted by Gasteiger charge is -2.06. The van der Waals surface area contributed by atoms with E-state index in [0.717, 1.165) is 16.9 Å². The first-order valence-electron chi connectivity index (χ1n) is 6.88. The zero-order valence-corrected chi connectivity index (χ0v) is 13.2. The number of carbonyl (C=O) groups is 3. The van der Waals surface area contributed by atoms with Crippen LogP contribution in [0.15, 0.2) is 35.7 Å². The van der Waals surface area contributed by atoms with E-state index in [2.05, 4.69) is 10.1 Å². The van der Waals surface area contributed by atoms with Crippen LogP contribution >= 0.6 is 11.3 Å². The summed E-state index contributed by atoms with van der Waals surface area (Å²) in [5.74, 6) is -2.40. The second-order valence-electron chi connectivity index (χ2n) is 4.55. The van der Waals surface area contributed by atoms with Gasteiger partial charge in [0.05, 0.1) is 6.61 Å². The summed E-state index contributed by atoms with van der Waals surface area (Å²) in [6.45, 7) is 1.83. The molecule has 2 N–H and O–H groups in total. The molecule has 1 aromatic carbocycles. The molecule has 23 heavy (non-hydrogen) atoms. The Morgan fingerprint density at radius 1 is 1.22 bits per heavy atom. The third-order valence-electron chi connectivity index (χ3n) is 2.95. The van der Waals surface area contributed by atoms with E-state index < -0.39 is 24.3 Å². The summed E-state index contributed by atoms with van der Waals surface area (Å²) in [4.78, 5) is 34.7. The molecule has 0 atom stereocenters. The average Bonchev–Trinajstić information content (AvgIpc) is 2.91. The molecular weight excluding hydrogens is 318 g/mol. The highest BCUT2D eigenvalue weighted by Gasteiger charge is 2.21. The van der Waals surface area contributed by atoms with Gasteiger partial charge in [-0.3, -0.25) is 9.59 Å². The van der Waals surface area contributed by atoms with Crippen molar-refractivity contribution < 1.29 is 24.2 Å². The van der Waals surface area contributed by atoms with Gasteiger partial charge in [-0.25, -0.2) is 4.79 Å². The molecule has 2 rings (SSSR count). The highest BCUT2D eigenvalue weighted by molar-refractivity contribution is 7.15. The van der Waals surface area contributed by atoms with Crippen molar-refractivity contribution in [2.75, 3.05) is 11.9 Å². The topological polar surface area (TPSA) is 92.7 Å². The number of esters is 1. The molecule has 0 saturated heterocycles. The fourth-order valence-corrected chi connectivity index (χ4v) is 2.98. The number of aromatic carboxylic acids is 1. The number of carboxylic acid groups (broad SMARTS) is 1. The zero-order chi connectivity index (χ0) is 16.8. The summed E-state index contributed by atoms with van der Waals surface area (Å²) in [6.07, 6.45) is -0.453. The van der Waals surface area contributed by atoms with E-state index in [1.54, 1.807) is 36.6 Å². The minimum Gasteiger partial charge on any atom is -0.478 e. The van der Waals surface area contributed by atoms with Gasteiger partial charge in [0.1, 0.15) is 17.0 Å². The predicted molar refractivity (Wildman–Crippen MR) is 86.6 cm³/mol. The molecule has 0 aliphatic rings. The molecule has 0 aliphatic carbocycles. The quantitative estimate of drug-likeness (QED) is 0.626. The number of rotatable bonds is 6. The Bertz CT molecular complexity index is 723. The van der Waals surface area contributed by atoms with E-state index in [1.165, 1.54) is 0 Å². The van der Waals surface area contributed by atoms with Gasteiger partial charge >= 0.3 is 11.9 Å². The van der Waals surface area contributed by atoms with Crippen molar-refractivity contribution in [1.82, 2.24) is 0 Å². The van der Waals surface area contributed by atoms with Gasteiger partial charge in [0.2, 0.25) is 5.91 Å². The molecule has 0 spiro atoms. The highest BCUT2D eigenvalue weighted by atomic mass is 32.1. The normalized spacial score (nSPS) is 10.1. The largest absolute Gasteiger partial charge is 0.478 e. The van der Waals surface area contributed by atoms with Crippen molar-refractivity contribution in [3.8, 4) is 11.1 Å². The lowest BCUT2D eigenvalue weighted by atomic mass is 10.0. The number of anilines is 1. The second kappa shape index (κ2) is 7.55. The van der Waals surface area contributed by atoms with Crippen molar-refractivity contribution in [1.29, 1.82) is 0 Å². The van der Waals surface area contributed by atoms with E-state index in [1.807, 2.05) is 6.07 Å². The van der Waals surface area contributed by atoms with Crippen molar-refractivity contribution in [2.24, 2.45) is 0 Å². The van der Waals surface area contributed by atoms with Crippen molar-refractivity contribution >= 4 is 34.2 Å². The molecule has 1 amide bonds. The summed E-state index contributed by atoms with van der Waals surface area (Å²) in [5.41, 5.74) is 1.28. The lowest BCUT2D eigenvalue weighted by molar-refractivity contribution is -0.145. The monoisotopic (exact) mass is 333 g/mol. The fraction of sp³-hybridized carbons (Fsp3) is 0.188. The van der Waals surface area contributed by atoms with Crippen LogP contribution in [0.1, 0.15) is 23.7 Å². The minimum atomic E-state index is -1.14. The van der Waals surface area contributed by atoms with Crippen molar-refractivity contribution in [3.63, 3.8) is 0 Å². The Balaban J connectivity index is 2.23. The molecule has 0 aliphatic heterocycles. The fourth-order valence-electron chi connectivity index (χ4n) is 2.01. The summed E-state index contributed by atoms with van der Waals surface area (Å²) in [6, 6.07) is 9.02. The zero-order valence-electron chi connectivity index (χ0n) is 12.4. The van der Waals surface area contributed by atoms with Gasteiger partial charge in [0, 0.05) is 10.9 Å². The van der Waals surface area contributed by atoms with Crippen LogP contribution in [-0.2, 0) is 14.3 Å². The molecule has 0 saturated carbocycles.